The van der Waals surface area contributed by atoms with Crippen LogP contribution in [-0.4, -0.2) is 16.9 Å². The van der Waals surface area contributed by atoms with Crippen LogP contribution in [0.1, 0.15) is 5.69 Å². The minimum Gasteiger partial charge on any atom is -0.497 e. The van der Waals surface area contributed by atoms with Crippen LogP contribution in [0.4, 0.5) is 0 Å². The summed E-state index contributed by atoms with van der Waals surface area (Å²) in [7, 11) is 1.64. The summed E-state index contributed by atoms with van der Waals surface area (Å²) in [6, 6.07) is 21.7. The minimum absolute atomic E-state index is 0.318. The third-order valence-corrected chi connectivity index (χ3v) is 3.43. The second-order valence-corrected chi connectivity index (χ2v) is 4.83. The van der Waals surface area contributed by atoms with E-state index in [0.717, 1.165) is 28.4 Å². The van der Waals surface area contributed by atoms with Gasteiger partial charge in [-0.2, -0.15) is 10.4 Å². The third kappa shape index (κ3) is 2.70. The monoisotopic (exact) mass is 289 g/mol. The molecule has 0 radical (unpaired) electrons. The lowest BCUT2D eigenvalue weighted by Gasteiger charge is -2.04. The normalized spacial score (nSPS) is 10.2. The van der Waals surface area contributed by atoms with Gasteiger partial charge in [0.1, 0.15) is 5.75 Å². The lowest BCUT2D eigenvalue weighted by atomic mass is 10.1. The van der Waals surface area contributed by atoms with E-state index in [1.807, 2.05) is 65.3 Å². The Bertz CT molecular complexity index is 799. The summed E-state index contributed by atoms with van der Waals surface area (Å²) < 4.78 is 7.00. The fourth-order valence-electron chi connectivity index (χ4n) is 2.32. The lowest BCUT2D eigenvalue weighted by molar-refractivity contribution is 0.415. The van der Waals surface area contributed by atoms with Crippen molar-refractivity contribution in [1.29, 1.82) is 5.26 Å². The van der Waals surface area contributed by atoms with E-state index in [-0.39, 0.29) is 0 Å². The SMILES string of the molecule is COc1ccc(-c2cc(CC#N)n(-c3ccccc3)n2)cc1. The van der Waals surface area contributed by atoms with Crippen LogP contribution in [0.2, 0.25) is 0 Å². The molecular formula is C18H15N3O. The van der Waals surface area contributed by atoms with Gasteiger partial charge in [0.2, 0.25) is 0 Å². The number of hydrogen-bond acceptors (Lipinski definition) is 3. The first-order valence-corrected chi connectivity index (χ1v) is 6.97. The molecule has 0 saturated heterocycles. The highest BCUT2D eigenvalue weighted by Crippen LogP contribution is 2.24. The maximum absolute atomic E-state index is 9.03. The molecule has 0 spiro atoms. The maximum atomic E-state index is 9.03. The molecule has 3 aromatic rings. The Morgan fingerprint density at radius 3 is 2.45 bits per heavy atom. The molecule has 2 aromatic carbocycles. The number of rotatable bonds is 4. The van der Waals surface area contributed by atoms with E-state index in [1.54, 1.807) is 7.11 Å². The van der Waals surface area contributed by atoms with E-state index in [2.05, 4.69) is 11.2 Å². The first-order valence-electron chi connectivity index (χ1n) is 6.97. The van der Waals surface area contributed by atoms with Crippen LogP contribution < -0.4 is 4.74 Å². The summed E-state index contributed by atoms with van der Waals surface area (Å²) in [4.78, 5) is 0. The highest BCUT2D eigenvalue weighted by Gasteiger charge is 2.11. The average Bonchev–Trinajstić information content (AvgIpc) is 3.00. The second-order valence-electron chi connectivity index (χ2n) is 4.83. The van der Waals surface area contributed by atoms with Crippen LogP contribution in [0.5, 0.6) is 5.75 Å². The molecule has 0 saturated carbocycles. The molecule has 0 atom stereocenters. The molecule has 0 bridgehead atoms. The molecule has 0 aliphatic heterocycles. The highest BCUT2D eigenvalue weighted by molar-refractivity contribution is 5.61. The molecule has 0 unspecified atom stereocenters. The summed E-state index contributed by atoms with van der Waals surface area (Å²) in [5.74, 6) is 0.809. The molecule has 1 heterocycles. The van der Waals surface area contributed by atoms with Crippen LogP contribution in [0.25, 0.3) is 16.9 Å². The van der Waals surface area contributed by atoms with Crippen molar-refractivity contribution in [3.05, 3.63) is 66.4 Å². The Morgan fingerprint density at radius 2 is 1.82 bits per heavy atom. The molecule has 0 amide bonds. The van der Waals surface area contributed by atoms with E-state index in [4.69, 9.17) is 10.00 Å². The van der Waals surface area contributed by atoms with Crippen molar-refractivity contribution < 1.29 is 4.74 Å². The molecule has 0 aliphatic rings. The number of methoxy groups -OCH3 is 1. The Hall–Kier alpha value is -3.06. The number of aromatic nitrogens is 2. The van der Waals surface area contributed by atoms with Crippen molar-refractivity contribution in [3.63, 3.8) is 0 Å². The third-order valence-electron chi connectivity index (χ3n) is 3.43. The topological polar surface area (TPSA) is 50.8 Å². The number of ether oxygens (including phenoxy) is 1. The van der Waals surface area contributed by atoms with E-state index >= 15 is 0 Å². The van der Waals surface area contributed by atoms with Gasteiger partial charge in [-0.25, -0.2) is 4.68 Å². The van der Waals surface area contributed by atoms with Gasteiger partial charge >= 0.3 is 0 Å². The Morgan fingerprint density at radius 1 is 1.09 bits per heavy atom. The molecular weight excluding hydrogens is 274 g/mol. The maximum Gasteiger partial charge on any atom is 0.118 e. The zero-order chi connectivity index (χ0) is 15.4. The van der Waals surface area contributed by atoms with Gasteiger partial charge in [-0.1, -0.05) is 18.2 Å². The summed E-state index contributed by atoms with van der Waals surface area (Å²) in [5.41, 5.74) is 3.67. The predicted molar refractivity (Wildman–Crippen MR) is 84.9 cm³/mol. The van der Waals surface area contributed by atoms with E-state index in [9.17, 15) is 0 Å². The van der Waals surface area contributed by atoms with Crippen LogP contribution in [-0.2, 0) is 6.42 Å². The van der Waals surface area contributed by atoms with Crippen molar-refractivity contribution >= 4 is 0 Å². The van der Waals surface area contributed by atoms with Crippen molar-refractivity contribution in [2.45, 2.75) is 6.42 Å². The van der Waals surface area contributed by atoms with Gasteiger partial charge in [0, 0.05) is 5.56 Å². The lowest BCUT2D eigenvalue weighted by Crippen LogP contribution is -2.01. The Kier molecular flexibility index (Phi) is 3.88. The standard InChI is InChI=1S/C18H15N3O/c1-22-17-9-7-14(8-10-17)18-13-16(11-12-19)21(20-18)15-5-3-2-4-6-15/h2-10,13H,11H2,1H3. The van der Waals surface area contributed by atoms with Gasteiger partial charge in [-0.15, -0.1) is 0 Å². The number of nitrogens with zero attached hydrogens (tertiary/aromatic N) is 3. The van der Waals surface area contributed by atoms with Gasteiger partial charge in [-0.05, 0) is 42.5 Å². The largest absolute Gasteiger partial charge is 0.497 e. The summed E-state index contributed by atoms with van der Waals surface area (Å²) in [6.45, 7) is 0. The second kappa shape index (κ2) is 6.15. The average molecular weight is 289 g/mol. The zero-order valence-corrected chi connectivity index (χ0v) is 12.2. The highest BCUT2D eigenvalue weighted by atomic mass is 16.5. The van der Waals surface area contributed by atoms with Crippen molar-refractivity contribution in [1.82, 2.24) is 9.78 Å². The van der Waals surface area contributed by atoms with Gasteiger partial charge in [0.25, 0.3) is 0 Å². The van der Waals surface area contributed by atoms with Crippen molar-refractivity contribution in [2.75, 3.05) is 7.11 Å². The van der Waals surface area contributed by atoms with Gasteiger partial charge in [0.05, 0.1) is 36.7 Å². The predicted octanol–water partition coefficient (Wildman–Crippen LogP) is 3.61. The Labute approximate surface area is 129 Å². The fraction of sp³-hybridized carbons (Fsp3) is 0.111. The molecule has 0 fully saturated rings. The molecule has 4 heteroatoms. The minimum atomic E-state index is 0.318. The van der Waals surface area contributed by atoms with Crippen molar-refractivity contribution in [2.24, 2.45) is 0 Å². The summed E-state index contributed by atoms with van der Waals surface area (Å²) in [5, 5.41) is 13.7. The van der Waals surface area contributed by atoms with Crippen LogP contribution in [0, 0.1) is 11.3 Å². The summed E-state index contributed by atoms with van der Waals surface area (Å²) >= 11 is 0. The molecule has 108 valence electrons. The quantitative estimate of drug-likeness (QED) is 0.737. The molecule has 3 rings (SSSR count). The smallest absolute Gasteiger partial charge is 0.118 e. The molecule has 22 heavy (non-hydrogen) atoms. The zero-order valence-electron chi connectivity index (χ0n) is 12.2. The van der Waals surface area contributed by atoms with E-state index < -0.39 is 0 Å². The first kappa shape index (κ1) is 13.9. The summed E-state index contributed by atoms with van der Waals surface area (Å²) in [6.07, 6.45) is 0.318. The van der Waals surface area contributed by atoms with Gasteiger partial charge in [0.15, 0.2) is 0 Å². The number of nitriles is 1. The van der Waals surface area contributed by atoms with Crippen LogP contribution >= 0.6 is 0 Å². The molecule has 0 N–H and O–H groups in total. The molecule has 1 aromatic heterocycles. The van der Waals surface area contributed by atoms with E-state index in [1.165, 1.54) is 0 Å². The number of para-hydroxylation sites is 1. The first-order chi connectivity index (χ1) is 10.8. The van der Waals surface area contributed by atoms with Crippen molar-refractivity contribution in [3.8, 4) is 28.8 Å². The number of hydrogen-bond donors (Lipinski definition) is 0. The molecule has 4 nitrogen and oxygen atoms in total. The Balaban J connectivity index is 2.04. The van der Waals surface area contributed by atoms with Crippen LogP contribution in [0.15, 0.2) is 60.7 Å². The number of benzene rings is 2. The van der Waals surface area contributed by atoms with E-state index in [0.29, 0.717) is 6.42 Å². The fourth-order valence-corrected chi connectivity index (χ4v) is 2.32. The molecule has 0 aliphatic carbocycles. The van der Waals surface area contributed by atoms with Gasteiger partial charge < -0.3 is 4.74 Å². The van der Waals surface area contributed by atoms with Gasteiger partial charge in [-0.3, -0.25) is 0 Å². The van der Waals surface area contributed by atoms with Crippen LogP contribution in [0.3, 0.4) is 0 Å².